The Morgan fingerprint density at radius 2 is 2.43 bits per heavy atom. The van der Waals surface area contributed by atoms with Crippen LogP contribution in [0.2, 0.25) is 0 Å². The average molecular weight is 304 g/mol. The van der Waals surface area contributed by atoms with Crippen molar-refractivity contribution in [3.8, 4) is 6.07 Å². The van der Waals surface area contributed by atoms with E-state index in [0.29, 0.717) is 28.9 Å². The van der Waals surface area contributed by atoms with Gasteiger partial charge in [0.05, 0.1) is 12.1 Å². The van der Waals surface area contributed by atoms with E-state index in [4.69, 9.17) is 5.26 Å². The number of rotatable bonds is 3. The molecule has 5 nitrogen and oxygen atoms in total. The van der Waals surface area contributed by atoms with Crippen LogP contribution in [0.3, 0.4) is 0 Å². The molecule has 0 aliphatic carbocycles. The van der Waals surface area contributed by atoms with Gasteiger partial charge in [0.25, 0.3) is 0 Å². The Labute approximate surface area is 128 Å². The van der Waals surface area contributed by atoms with Gasteiger partial charge in [0.2, 0.25) is 5.91 Å². The van der Waals surface area contributed by atoms with Gasteiger partial charge in [0.15, 0.2) is 0 Å². The van der Waals surface area contributed by atoms with Gasteiger partial charge in [-0.15, -0.1) is 11.3 Å². The van der Waals surface area contributed by atoms with Crippen LogP contribution in [0.15, 0.2) is 11.4 Å². The van der Waals surface area contributed by atoms with Crippen LogP contribution in [0.1, 0.15) is 19.4 Å². The number of carbonyl (C=O) groups is 1. The number of nitriles is 1. The molecule has 3 heterocycles. The maximum Gasteiger partial charge on any atom is 0.239 e. The molecule has 2 aliphatic rings. The van der Waals surface area contributed by atoms with Gasteiger partial charge in [-0.1, -0.05) is 0 Å². The Hall–Kier alpha value is -1.42. The third-order valence-electron chi connectivity index (χ3n) is 4.89. The number of hydrogen-bond donors (Lipinski definition) is 2. The predicted octanol–water partition coefficient (Wildman–Crippen LogP) is 1.49. The van der Waals surface area contributed by atoms with Crippen LogP contribution in [0, 0.1) is 23.2 Å². The topological polar surface area (TPSA) is 68.2 Å². The Morgan fingerprint density at radius 3 is 3.14 bits per heavy atom. The van der Waals surface area contributed by atoms with Gasteiger partial charge in [-0.3, -0.25) is 9.69 Å². The summed E-state index contributed by atoms with van der Waals surface area (Å²) in [5.74, 6) is 1.22. The summed E-state index contributed by atoms with van der Waals surface area (Å²) in [7, 11) is 0. The molecule has 0 aromatic carbocycles. The van der Waals surface area contributed by atoms with Crippen molar-refractivity contribution in [2.45, 2.75) is 19.4 Å². The minimum atomic E-state index is -0.0324. The van der Waals surface area contributed by atoms with E-state index in [1.165, 1.54) is 11.3 Å². The Morgan fingerprint density at radius 1 is 1.62 bits per heavy atom. The molecule has 1 aromatic heterocycles. The van der Waals surface area contributed by atoms with E-state index in [1.54, 1.807) is 6.07 Å². The summed E-state index contributed by atoms with van der Waals surface area (Å²) in [4.78, 5) is 14.5. The smallest absolute Gasteiger partial charge is 0.239 e. The third kappa shape index (κ3) is 2.57. The molecule has 3 rings (SSSR count). The number of likely N-dealkylation sites (tertiary alicyclic amines) is 1. The minimum absolute atomic E-state index is 0.0324. The van der Waals surface area contributed by atoms with E-state index >= 15 is 0 Å². The first-order chi connectivity index (χ1) is 10.0. The lowest BCUT2D eigenvalue weighted by Gasteiger charge is -2.35. The SMILES string of the molecule is CC1(C)C2CNCC2CN1CC(=O)Nc1sccc1C#N. The molecule has 1 aromatic rings. The Balaban J connectivity index is 1.64. The molecule has 2 atom stereocenters. The number of fused-ring (bicyclic) bond motifs is 1. The Kier molecular flexibility index (Phi) is 3.74. The standard InChI is InChI=1S/C15H20N4OS/c1-15(2)12-7-17-6-11(12)8-19(15)9-13(20)18-14-10(5-16)3-4-21-14/h3-4,11-12,17H,6-9H2,1-2H3,(H,18,20). The second kappa shape index (κ2) is 5.41. The van der Waals surface area contributed by atoms with Gasteiger partial charge < -0.3 is 10.6 Å². The van der Waals surface area contributed by atoms with Crippen LogP contribution in [0.25, 0.3) is 0 Å². The summed E-state index contributed by atoms with van der Waals surface area (Å²) >= 11 is 1.39. The summed E-state index contributed by atoms with van der Waals surface area (Å²) in [6.07, 6.45) is 0. The normalized spacial score (nSPS) is 27.3. The number of nitrogens with one attached hydrogen (secondary N) is 2. The average Bonchev–Trinajstić information content (AvgIpc) is 3.10. The zero-order valence-electron chi connectivity index (χ0n) is 12.3. The van der Waals surface area contributed by atoms with Crippen LogP contribution in [0.4, 0.5) is 5.00 Å². The summed E-state index contributed by atoms with van der Waals surface area (Å²) in [6, 6.07) is 3.83. The molecule has 2 N–H and O–H groups in total. The lowest BCUT2D eigenvalue weighted by atomic mass is 9.85. The Bertz CT molecular complexity index is 589. The maximum absolute atomic E-state index is 12.3. The van der Waals surface area contributed by atoms with Crippen LogP contribution >= 0.6 is 11.3 Å². The van der Waals surface area contributed by atoms with Gasteiger partial charge in [0.1, 0.15) is 11.1 Å². The highest BCUT2D eigenvalue weighted by molar-refractivity contribution is 7.14. The number of amides is 1. The molecule has 112 valence electrons. The van der Waals surface area contributed by atoms with E-state index in [9.17, 15) is 4.79 Å². The number of anilines is 1. The second-order valence-corrected chi connectivity index (χ2v) is 7.30. The van der Waals surface area contributed by atoms with E-state index in [2.05, 4.69) is 35.5 Å². The van der Waals surface area contributed by atoms with E-state index in [1.807, 2.05) is 5.38 Å². The van der Waals surface area contributed by atoms with Crippen molar-refractivity contribution in [3.63, 3.8) is 0 Å². The van der Waals surface area contributed by atoms with E-state index in [-0.39, 0.29) is 11.4 Å². The minimum Gasteiger partial charge on any atom is -0.316 e. The monoisotopic (exact) mass is 304 g/mol. The fourth-order valence-electron chi connectivity index (χ4n) is 3.61. The molecule has 2 saturated heterocycles. The van der Waals surface area contributed by atoms with Crippen LogP contribution in [-0.4, -0.2) is 42.5 Å². The van der Waals surface area contributed by atoms with E-state index < -0.39 is 0 Å². The lowest BCUT2D eigenvalue weighted by molar-refractivity contribution is -0.118. The molecule has 21 heavy (non-hydrogen) atoms. The first kappa shape index (κ1) is 14.5. The van der Waals surface area contributed by atoms with Crippen molar-refractivity contribution in [3.05, 3.63) is 17.0 Å². The fraction of sp³-hybridized carbons (Fsp3) is 0.600. The zero-order valence-corrected chi connectivity index (χ0v) is 13.2. The highest BCUT2D eigenvalue weighted by atomic mass is 32.1. The van der Waals surface area contributed by atoms with Crippen molar-refractivity contribution in [1.82, 2.24) is 10.2 Å². The van der Waals surface area contributed by atoms with E-state index in [0.717, 1.165) is 19.6 Å². The molecule has 6 heteroatoms. The molecule has 0 bridgehead atoms. The molecule has 1 amide bonds. The van der Waals surface area contributed by atoms with Crippen molar-refractivity contribution < 1.29 is 4.79 Å². The molecule has 0 radical (unpaired) electrons. The summed E-state index contributed by atoms with van der Waals surface area (Å²) in [5, 5.41) is 17.8. The van der Waals surface area contributed by atoms with Crippen molar-refractivity contribution in [1.29, 1.82) is 5.26 Å². The molecule has 0 saturated carbocycles. The molecular weight excluding hydrogens is 284 g/mol. The van der Waals surface area contributed by atoms with Gasteiger partial charge in [-0.25, -0.2) is 0 Å². The maximum atomic E-state index is 12.3. The lowest BCUT2D eigenvalue weighted by Crippen LogP contribution is -2.47. The fourth-order valence-corrected chi connectivity index (χ4v) is 4.36. The second-order valence-electron chi connectivity index (χ2n) is 6.38. The largest absolute Gasteiger partial charge is 0.316 e. The number of nitrogens with zero attached hydrogens (tertiary/aromatic N) is 2. The molecule has 2 aliphatic heterocycles. The van der Waals surface area contributed by atoms with Gasteiger partial charge >= 0.3 is 0 Å². The van der Waals surface area contributed by atoms with Gasteiger partial charge in [0, 0.05) is 18.6 Å². The van der Waals surface area contributed by atoms with Gasteiger partial charge in [-0.2, -0.15) is 5.26 Å². The highest BCUT2D eigenvalue weighted by Gasteiger charge is 2.49. The van der Waals surface area contributed by atoms with Gasteiger partial charge in [-0.05, 0) is 43.7 Å². The number of carbonyl (C=O) groups excluding carboxylic acids is 1. The quantitative estimate of drug-likeness (QED) is 0.888. The zero-order chi connectivity index (χ0) is 15.0. The number of hydrogen-bond acceptors (Lipinski definition) is 5. The molecule has 2 unspecified atom stereocenters. The summed E-state index contributed by atoms with van der Waals surface area (Å²) < 4.78 is 0. The predicted molar refractivity (Wildman–Crippen MR) is 83.2 cm³/mol. The summed E-state index contributed by atoms with van der Waals surface area (Å²) in [5.41, 5.74) is 0.578. The molecule has 2 fully saturated rings. The molecular formula is C15H20N4OS. The number of thiophene rings is 1. The van der Waals surface area contributed by atoms with Crippen LogP contribution in [0.5, 0.6) is 0 Å². The summed E-state index contributed by atoms with van der Waals surface area (Å²) in [6.45, 7) is 7.90. The van der Waals surface area contributed by atoms with Crippen molar-refractivity contribution in [2.24, 2.45) is 11.8 Å². The van der Waals surface area contributed by atoms with Crippen molar-refractivity contribution in [2.75, 3.05) is 31.5 Å². The third-order valence-corrected chi connectivity index (χ3v) is 5.72. The first-order valence-corrected chi connectivity index (χ1v) is 8.13. The van der Waals surface area contributed by atoms with Crippen LogP contribution < -0.4 is 10.6 Å². The highest BCUT2D eigenvalue weighted by Crippen LogP contribution is 2.40. The molecule has 0 spiro atoms. The van der Waals surface area contributed by atoms with Crippen LogP contribution in [-0.2, 0) is 4.79 Å². The van der Waals surface area contributed by atoms with Crippen molar-refractivity contribution >= 4 is 22.2 Å². The first-order valence-electron chi connectivity index (χ1n) is 7.25.